The fraction of sp³-hybridized carbons (Fsp3) is 0.333. The number of nitrogens with two attached hydrogens (primary N) is 1. The van der Waals surface area contributed by atoms with Crippen LogP contribution in [0.15, 0.2) is 29.1 Å². The molecule has 0 saturated carbocycles. The van der Waals surface area contributed by atoms with Gasteiger partial charge in [0.2, 0.25) is 5.88 Å². The molecule has 4 bridgehead atoms. The van der Waals surface area contributed by atoms with Gasteiger partial charge in [-0.1, -0.05) is 6.07 Å². The highest BCUT2D eigenvalue weighted by Gasteiger charge is 2.15. The first-order valence-electron chi connectivity index (χ1n) is 8.47. The van der Waals surface area contributed by atoms with Crippen molar-refractivity contribution < 1.29 is 14.2 Å². The summed E-state index contributed by atoms with van der Waals surface area (Å²) in [6.45, 7) is 1.41. The fourth-order valence-electron chi connectivity index (χ4n) is 3.06. The maximum Gasteiger partial charge on any atom is 0.326 e. The van der Waals surface area contributed by atoms with Crippen LogP contribution in [-0.4, -0.2) is 34.9 Å². The van der Waals surface area contributed by atoms with E-state index in [1.807, 2.05) is 18.2 Å². The van der Waals surface area contributed by atoms with Crippen LogP contribution in [-0.2, 0) is 6.54 Å². The average molecular weight is 356 g/mol. The van der Waals surface area contributed by atoms with Gasteiger partial charge in [0.25, 0.3) is 0 Å². The monoisotopic (exact) mass is 356 g/mol. The second kappa shape index (κ2) is 6.62. The van der Waals surface area contributed by atoms with Crippen LogP contribution in [0.1, 0.15) is 18.4 Å². The van der Waals surface area contributed by atoms with Gasteiger partial charge in [-0.05, 0) is 30.5 Å². The summed E-state index contributed by atoms with van der Waals surface area (Å²) < 4.78 is 18.5. The number of nitrogens with zero attached hydrogens (tertiary/aromatic N) is 2. The molecular formula is C18H20N4O4. The molecule has 8 nitrogen and oxygen atoms in total. The molecule has 136 valence electrons. The SMILES string of the molecule is COc1ccc2cc1OCCCCOc1cc3c([nH]c(=O)n3C2)c(N)n1. The molecule has 2 aromatic heterocycles. The van der Waals surface area contributed by atoms with Gasteiger partial charge in [-0.3, -0.25) is 4.57 Å². The number of anilines is 1. The largest absolute Gasteiger partial charge is 0.493 e. The zero-order chi connectivity index (χ0) is 18.1. The molecule has 4 rings (SSSR count). The van der Waals surface area contributed by atoms with Crippen LogP contribution in [0.25, 0.3) is 11.0 Å². The van der Waals surface area contributed by atoms with Crippen LogP contribution >= 0.6 is 0 Å². The highest BCUT2D eigenvalue weighted by atomic mass is 16.5. The van der Waals surface area contributed by atoms with Gasteiger partial charge in [-0.15, -0.1) is 0 Å². The van der Waals surface area contributed by atoms with Crippen molar-refractivity contribution in [3.05, 3.63) is 40.3 Å². The van der Waals surface area contributed by atoms with Crippen LogP contribution in [0, 0.1) is 0 Å². The Labute approximate surface area is 149 Å². The zero-order valence-corrected chi connectivity index (χ0v) is 14.4. The number of benzene rings is 1. The normalized spacial score (nSPS) is 14.5. The Hall–Kier alpha value is -3.16. The van der Waals surface area contributed by atoms with Crippen molar-refractivity contribution in [2.45, 2.75) is 19.4 Å². The number of aromatic nitrogens is 3. The number of fused-ring (bicyclic) bond motifs is 3. The summed E-state index contributed by atoms with van der Waals surface area (Å²) in [6.07, 6.45) is 1.64. The summed E-state index contributed by atoms with van der Waals surface area (Å²) in [5.74, 6) is 1.99. The summed E-state index contributed by atoms with van der Waals surface area (Å²) in [7, 11) is 1.61. The molecule has 0 spiro atoms. The minimum Gasteiger partial charge on any atom is -0.493 e. The van der Waals surface area contributed by atoms with E-state index in [4.69, 9.17) is 19.9 Å². The van der Waals surface area contributed by atoms with E-state index < -0.39 is 0 Å². The average Bonchev–Trinajstić information content (AvgIpc) is 2.94. The van der Waals surface area contributed by atoms with E-state index in [-0.39, 0.29) is 11.5 Å². The van der Waals surface area contributed by atoms with E-state index in [1.165, 1.54) is 0 Å². The third-order valence-corrected chi connectivity index (χ3v) is 4.39. The van der Waals surface area contributed by atoms with Gasteiger partial charge >= 0.3 is 5.69 Å². The summed E-state index contributed by atoms with van der Waals surface area (Å²) in [5, 5.41) is 0. The number of aromatic amines is 1. The molecular weight excluding hydrogens is 336 g/mol. The van der Waals surface area contributed by atoms with Crippen molar-refractivity contribution in [2.75, 3.05) is 26.1 Å². The molecule has 0 saturated heterocycles. The molecule has 8 heteroatoms. The summed E-state index contributed by atoms with van der Waals surface area (Å²) in [6, 6.07) is 7.40. The number of H-pyrrole nitrogens is 1. The Bertz CT molecular complexity index is 1010. The van der Waals surface area contributed by atoms with E-state index in [0.717, 1.165) is 18.4 Å². The van der Waals surface area contributed by atoms with Crippen LogP contribution in [0.3, 0.4) is 0 Å². The second-order valence-electron chi connectivity index (χ2n) is 6.15. The van der Waals surface area contributed by atoms with Crippen LogP contribution < -0.4 is 25.6 Å². The number of nitrogen functional groups attached to an aromatic ring is 1. The lowest BCUT2D eigenvalue weighted by Gasteiger charge is -2.14. The lowest BCUT2D eigenvalue weighted by molar-refractivity contribution is 0.254. The third-order valence-electron chi connectivity index (χ3n) is 4.39. The molecule has 3 N–H and O–H groups in total. The number of hydrogen-bond donors (Lipinski definition) is 2. The molecule has 0 unspecified atom stereocenters. The first-order chi connectivity index (χ1) is 12.7. The fourth-order valence-corrected chi connectivity index (χ4v) is 3.06. The number of methoxy groups -OCH3 is 1. The van der Waals surface area contributed by atoms with Gasteiger partial charge in [-0.2, -0.15) is 4.98 Å². The number of hydrogen-bond acceptors (Lipinski definition) is 6. The lowest BCUT2D eigenvalue weighted by atomic mass is 10.2. The Balaban J connectivity index is 1.85. The Kier molecular flexibility index (Phi) is 4.16. The van der Waals surface area contributed by atoms with Crippen molar-refractivity contribution in [3.63, 3.8) is 0 Å². The van der Waals surface area contributed by atoms with Crippen LogP contribution in [0.5, 0.6) is 17.4 Å². The van der Waals surface area contributed by atoms with Crippen molar-refractivity contribution in [3.8, 4) is 17.4 Å². The molecule has 26 heavy (non-hydrogen) atoms. The summed E-state index contributed by atoms with van der Waals surface area (Å²) in [5.41, 5.74) is 7.83. The number of nitrogens with one attached hydrogen (secondary N) is 1. The molecule has 0 fully saturated rings. The molecule has 0 radical (unpaired) electrons. The molecule has 1 aliphatic rings. The topological polar surface area (TPSA) is 104 Å². The summed E-state index contributed by atoms with van der Waals surface area (Å²) in [4.78, 5) is 19.4. The molecule has 0 aliphatic carbocycles. The van der Waals surface area contributed by atoms with Gasteiger partial charge in [-0.25, -0.2) is 4.79 Å². The molecule has 1 aromatic carbocycles. The zero-order valence-electron chi connectivity index (χ0n) is 14.4. The minimum absolute atomic E-state index is 0.249. The van der Waals surface area contributed by atoms with Gasteiger partial charge in [0.15, 0.2) is 17.3 Å². The van der Waals surface area contributed by atoms with E-state index >= 15 is 0 Å². The van der Waals surface area contributed by atoms with Crippen molar-refractivity contribution >= 4 is 16.9 Å². The molecule has 1 aliphatic heterocycles. The maximum atomic E-state index is 12.4. The second-order valence-corrected chi connectivity index (χ2v) is 6.15. The van der Waals surface area contributed by atoms with E-state index in [9.17, 15) is 4.79 Å². The highest BCUT2D eigenvalue weighted by Crippen LogP contribution is 2.29. The lowest BCUT2D eigenvalue weighted by Crippen LogP contribution is -2.17. The maximum absolute atomic E-state index is 12.4. The Morgan fingerprint density at radius 3 is 2.85 bits per heavy atom. The van der Waals surface area contributed by atoms with Gasteiger partial charge < -0.3 is 24.9 Å². The van der Waals surface area contributed by atoms with Crippen molar-refractivity contribution in [1.82, 2.24) is 14.5 Å². The standard InChI is InChI=1S/C18H20N4O4/c1-24-13-5-4-11-8-14(13)25-6-2-3-7-26-15-9-12-16(17(19)20-15)21-18(23)22(12)10-11/h4-5,8-9H,2-3,6-7,10H2,1H3,(H2,19,20)(H,21,23). The number of pyridine rings is 1. The Morgan fingerprint density at radius 1 is 1.23 bits per heavy atom. The van der Waals surface area contributed by atoms with Crippen molar-refractivity contribution in [1.29, 1.82) is 0 Å². The quantitative estimate of drug-likeness (QED) is 0.690. The number of ether oxygens (including phenoxy) is 3. The minimum atomic E-state index is -0.254. The van der Waals surface area contributed by atoms with E-state index in [0.29, 0.717) is 48.2 Å². The van der Waals surface area contributed by atoms with E-state index in [1.54, 1.807) is 17.7 Å². The molecule has 0 atom stereocenters. The predicted molar refractivity (Wildman–Crippen MR) is 97.1 cm³/mol. The third kappa shape index (κ3) is 2.94. The first-order valence-corrected chi connectivity index (χ1v) is 8.47. The Morgan fingerprint density at radius 2 is 2.04 bits per heavy atom. The molecule has 0 amide bonds. The predicted octanol–water partition coefficient (Wildman–Crippen LogP) is 1.92. The van der Waals surface area contributed by atoms with Crippen LogP contribution in [0.4, 0.5) is 5.82 Å². The van der Waals surface area contributed by atoms with Crippen LogP contribution in [0.2, 0.25) is 0 Å². The summed E-state index contributed by atoms with van der Waals surface area (Å²) >= 11 is 0. The molecule has 3 heterocycles. The molecule has 3 aromatic rings. The first kappa shape index (κ1) is 16.3. The van der Waals surface area contributed by atoms with Gasteiger partial charge in [0.1, 0.15) is 5.52 Å². The van der Waals surface area contributed by atoms with Crippen molar-refractivity contribution in [2.24, 2.45) is 0 Å². The number of rotatable bonds is 1. The van der Waals surface area contributed by atoms with Gasteiger partial charge in [0.05, 0.1) is 32.4 Å². The smallest absolute Gasteiger partial charge is 0.326 e. The van der Waals surface area contributed by atoms with Gasteiger partial charge in [0, 0.05) is 6.07 Å². The van der Waals surface area contributed by atoms with E-state index in [2.05, 4.69) is 9.97 Å². The highest BCUT2D eigenvalue weighted by molar-refractivity contribution is 5.85. The number of imidazole rings is 1.